The maximum atomic E-state index is 5.79. The Morgan fingerprint density at radius 3 is 2.93 bits per heavy atom. The van der Waals surface area contributed by atoms with E-state index in [-0.39, 0.29) is 18.2 Å². The van der Waals surface area contributed by atoms with Crippen molar-refractivity contribution in [1.82, 2.24) is 20.2 Å². The Morgan fingerprint density at radius 2 is 2.33 bits per heavy atom. The summed E-state index contributed by atoms with van der Waals surface area (Å²) in [5.41, 5.74) is 5.79. The van der Waals surface area contributed by atoms with Crippen LogP contribution in [-0.4, -0.2) is 32.9 Å². The Bertz CT molecular complexity index is 318. The topological polar surface area (TPSA) is 78.9 Å². The lowest BCUT2D eigenvalue weighted by Crippen LogP contribution is -2.25. The van der Waals surface area contributed by atoms with Crippen LogP contribution in [0.4, 0.5) is 0 Å². The van der Waals surface area contributed by atoms with Crippen LogP contribution >= 0.6 is 0 Å². The summed E-state index contributed by atoms with van der Waals surface area (Å²) in [6.07, 6.45) is 2.40. The number of aromatic nitrogens is 4. The van der Waals surface area contributed by atoms with Gasteiger partial charge in [-0.2, -0.15) is 0 Å². The van der Waals surface area contributed by atoms with Crippen LogP contribution < -0.4 is 5.73 Å². The third-order valence-corrected chi connectivity index (χ3v) is 2.81. The number of hydrogen-bond acceptors (Lipinski definition) is 5. The minimum Gasteiger partial charge on any atom is -0.376 e. The molecule has 1 fully saturated rings. The van der Waals surface area contributed by atoms with Crippen molar-refractivity contribution in [2.24, 2.45) is 5.73 Å². The maximum absolute atomic E-state index is 5.79. The molecule has 1 saturated heterocycles. The van der Waals surface area contributed by atoms with Crippen LogP contribution in [-0.2, 0) is 4.74 Å². The largest absolute Gasteiger partial charge is 0.376 e. The molecule has 6 heteroatoms. The number of nitrogens with zero attached hydrogens (tertiary/aromatic N) is 4. The molecule has 0 radical (unpaired) electrons. The Balaban J connectivity index is 2.16. The predicted octanol–water partition coefficient (Wildman–Crippen LogP) is 0.433. The lowest BCUT2D eigenvalue weighted by molar-refractivity contribution is 0.0671. The van der Waals surface area contributed by atoms with Crippen LogP contribution in [0.2, 0.25) is 0 Å². The third-order valence-electron chi connectivity index (χ3n) is 2.81. The van der Waals surface area contributed by atoms with E-state index in [0.29, 0.717) is 0 Å². The fraction of sp³-hybridized carbons (Fsp3) is 0.889. The van der Waals surface area contributed by atoms with Gasteiger partial charge in [0, 0.05) is 6.61 Å². The molecule has 0 spiro atoms. The van der Waals surface area contributed by atoms with Gasteiger partial charge in [-0.3, -0.25) is 0 Å². The summed E-state index contributed by atoms with van der Waals surface area (Å²) in [5.74, 6) is 0.720. The van der Waals surface area contributed by atoms with E-state index in [2.05, 4.69) is 22.4 Å². The van der Waals surface area contributed by atoms with Gasteiger partial charge in [0.05, 0.1) is 18.2 Å². The first-order valence-electron chi connectivity index (χ1n) is 5.35. The van der Waals surface area contributed by atoms with Gasteiger partial charge in [0.2, 0.25) is 0 Å². The highest BCUT2D eigenvalue weighted by Crippen LogP contribution is 2.24. The summed E-state index contributed by atoms with van der Waals surface area (Å²) in [6.45, 7) is 4.79. The fourth-order valence-corrected chi connectivity index (χ4v) is 1.93. The van der Waals surface area contributed by atoms with Gasteiger partial charge in [0.15, 0.2) is 5.82 Å². The second-order valence-electron chi connectivity index (χ2n) is 4.06. The molecule has 1 aromatic heterocycles. The Labute approximate surface area is 88.8 Å². The predicted molar refractivity (Wildman–Crippen MR) is 54.1 cm³/mol. The molecule has 0 aliphatic carbocycles. The van der Waals surface area contributed by atoms with Crippen molar-refractivity contribution < 1.29 is 4.74 Å². The summed E-state index contributed by atoms with van der Waals surface area (Å²) in [6, 6.07) is 0.00681. The molecule has 0 saturated carbocycles. The number of rotatable bonds is 3. The molecule has 2 N–H and O–H groups in total. The van der Waals surface area contributed by atoms with E-state index < -0.39 is 0 Å². The summed E-state index contributed by atoms with van der Waals surface area (Å²) in [7, 11) is 0. The van der Waals surface area contributed by atoms with Crippen molar-refractivity contribution >= 4 is 0 Å². The highest BCUT2D eigenvalue weighted by atomic mass is 16.5. The molecule has 1 aliphatic heterocycles. The first kappa shape index (κ1) is 10.5. The summed E-state index contributed by atoms with van der Waals surface area (Å²) < 4.78 is 7.39. The molecule has 3 unspecified atom stereocenters. The lowest BCUT2D eigenvalue weighted by atomic mass is 10.1. The average Bonchev–Trinajstić information content (AvgIpc) is 2.88. The number of ether oxygens (including phenoxy) is 1. The quantitative estimate of drug-likeness (QED) is 0.784. The van der Waals surface area contributed by atoms with E-state index >= 15 is 0 Å². The van der Waals surface area contributed by atoms with E-state index in [0.717, 1.165) is 25.3 Å². The van der Waals surface area contributed by atoms with Gasteiger partial charge in [0.1, 0.15) is 0 Å². The zero-order chi connectivity index (χ0) is 10.8. The van der Waals surface area contributed by atoms with E-state index in [1.54, 1.807) is 4.68 Å². The van der Waals surface area contributed by atoms with Crippen molar-refractivity contribution in [1.29, 1.82) is 0 Å². The molecule has 1 aliphatic rings. The van der Waals surface area contributed by atoms with E-state index in [1.807, 2.05) is 6.92 Å². The molecule has 0 bridgehead atoms. The van der Waals surface area contributed by atoms with Crippen molar-refractivity contribution in [3.05, 3.63) is 5.82 Å². The van der Waals surface area contributed by atoms with Crippen molar-refractivity contribution in [2.45, 2.75) is 44.9 Å². The number of nitrogens with two attached hydrogens (primary N) is 1. The van der Waals surface area contributed by atoms with Crippen molar-refractivity contribution in [2.75, 3.05) is 6.61 Å². The van der Waals surface area contributed by atoms with Crippen LogP contribution in [0.3, 0.4) is 0 Å². The van der Waals surface area contributed by atoms with Gasteiger partial charge >= 0.3 is 0 Å². The second-order valence-corrected chi connectivity index (χ2v) is 4.06. The second kappa shape index (κ2) is 4.24. The van der Waals surface area contributed by atoms with E-state index in [9.17, 15) is 0 Å². The molecule has 1 aromatic rings. The smallest absolute Gasteiger partial charge is 0.168 e. The molecule has 3 atom stereocenters. The minimum atomic E-state index is -0.149. The number of hydrogen-bond donors (Lipinski definition) is 1. The molecule has 2 rings (SSSR count). The first-order valence-corrected chi connectivity index (χ1v) is 5.35. The van der Waals surface area contributed by atoms with Crippen LogP contribution in [0.1, 0.15) is 44.6 Å². The molecule has 84 valence electrons. The van der Waals surface area contributed by atoms with Crippen LogP contribution in [0.15, 0.2) is 0 Å². The van der Waals surface area contributed by atoms with Gasteiger partial charge in [-0.05, 0) is 37.1 Å². The number of tetrazole rings is 1. The maximum Gasteiger partial charge on any atom is 0.168 e. The highest BCUT2D eigenvalue weighted by Gasteiger charge is 2.27. The lowest BCUT2D eigenvalue weighted by Gasteiger charge is -2.20. The summed E-state index contributed by atoms with van der Waals surface area (Å²) in [5, 5.41) is 11.6. The monoisotopic (exact) mass is 211 g/mol. The first-order chi connectivity index (χ1) is 7.20. The van der Waals surface area contributed by atoms with Gasteiger partial charge in [-0.25, -0.2) is 4.68 Å². The van der Waals surface area contributed by atoms with Crippen LogP contribution in [0.25, 0.3) is 0 Å². The molecule has 0 aromatic carbocycles. The zero-order valence-electron chi connectivity index (χ0n) is 9.13. The molecule has 6 nitrogen and oxygen atoms in total. The van der Waals surface area contributed by atoms with Crippen LogP contribution in [0, 0.1) is 0 Å². The third kappa shape index (κ3) is 2.00. The normalized spacial score (nSPS) is 25.4. The highest BCUT2D eigenvalue weighted by molar-refractivity contribution is 4.91. The molecule has 0 amide bonds. The Kier molecular flexibility index (Phi) is 2.97. The van der Waals surface area contributed by atoms with Gasteiger partial charge in [-0.15, -0.1) is 5.10 Å². The standard InChI is InChI=1S/C9H17N5O/c1-6(10)9-11-12-13-14(9)7(2)8-4-3-5-15-8/h6-8H,3-5,10H2,1-2H3. The van der Waals surface area contributed by atoms with Crippen molar-refractivity contribution in [3.8, 4) is 0 Å². The zero-order valence-corrected chi connectivity index (χ0v) is 9.13. The Morgan fingerprint density at radius 1 is 1.53 bits per heavy atom. The summed E-state index contributed by atoms with van der Waals surface area (Å²) in [4.78, 5) is 0. The van der Waals surface area contributed by atoms with Crippen LogP contribution in [0.5, 0.6) is 0 Å². The SMILES string of the molecule is CC(N)c1nnnn1C(C)C1CCCO1. The molecular formula is C9H17N5O. The fourth-order valence-electron chi connectivity index (χ4n) is 1.93. The molecule has 2 heterocycles. The summed E-state index contributed by atoms with van der Waals surface area (Å²) >= 11 is 0. The van der Waals surface area contributed by atoms with Gasteiger partial charge in [-0.1, -0.05) is 0 Å². The molecular weight excluding hydrogens is 194 g/mol. The molecule has 15 heavy (non-hydrogen) atoms. The average molecular weight is 211 g/mol. The van der Waals surface area contributed by atoms with E-state index in [1.165, 1.54) is 0 Å². The Hall–Kier alpha value is -1.01. The minimum absolute atomic E-state index is 0.149. The van der Waals surface area contributed by atoms with Gasteiger partial charge in [0.25, 0.3) is 0 Å². The van der Waals surface area contributed by atoms with Gasteiger partial charge < -0.3 is 10.5 Å². The van der Waals surface area contributed by atoms with Crippen molar-refractivity contribution in [3.63, 3.8) is 0 Å². The van der Waals surface area contributed by atoms with E-state index in [4.69, 9.17) is 10.5 Å².